The van der Waals surface area contributed by atoms with E-state index in [2.05, 4.69) is 37.6 Å². The first-order valence-corrected chi connectivity index (χ1v) is 11.8. The number of hydrogen-bond donors (Lipinski definition) is 2. The number of nitrogens with one attached hydrogen (secondary N) is 2. The molecule has 0 bridgehead atoms. The van der Waals surface area contributed by atoms with Gasteiger partial charge in [-0.2, -0.15) is 10.1 Å². The number of likely N-dealkylation sites (tertiary alicyclic amines) is 1. The molecule has 2 aromatic heterocycles. The SMILES string of the molecule is Cc1nn(C2CCN(C)C2)cc1Nc1ncc(Cl)c(NCCCN2CCC(C)(C)OC2=O)n1. The molecule has 0 aromatic carbocycles. The number of halogens is 1. The van der Waals surface area contributed by atoms with E-state index in [1.807, 2.05) is 31.6 Å². The molecule has 33 heavy (non-hydrogen) atoms. The molecule has 2 N–H and O–H groups in total. The largest absolute Gasteiger partial charge is 0.443 e. The number of aromatic nitrogens is 4. The lowest BCUT2D eigenvalue weighted by molar-refractivity contribution is -0.0253. The van der Waals surface area contributed by atoms with Gasteiger partial charge in [0.05, 0.1) is 23.6 Å². The van der Waals surface area contributed by atoms with Crippen molar-refractivity contribution < 1.29 is 9.53 Å². The number of cyclic esters (lactones) is 1. The highest BCUT2D eigenvalue weighted by atomic mass is 35.5. The summed E-state index contributed by atoms with van der Waals surface area (Å²) in [5, 5.41) is 11.6. The fourth-order valence-corrected chi connectivity index (χ4v) is 4.28. The molecular formula is C22H33ClN8O2. The van der Waals surface area contributed by atoms with Crippen molar-refractivity contribution in [3.63, 3.8) is 0 Å². The summed E-state index contributed by atoms with van der Waals surface area (Å²) in [6.07, 6.45) is 6.01. The summed E-state index contributed by atoms with van der Waals surface area (Å²) in [6.45, 7) is 9.87. The Bertz CT molecular complexity index is 995. The molecule has 2 aliphatic heterocycles. The zero-order chi connectivity index (χ0) is 23.6. The molecule has 0 radical (unpaired) electrons. The molecule has 1 unspecified atom stereocenters. The number of aryl methyl sites for hydroxylation is 1. The van der Waals surface area contributed by atoms with Crippen LogP contribution in [0.1, 0.15) is 44.8 Å². The molecule has 0 aliphatic carbocycles. The van der Waals surface area contributed by atoms with E-state index in [9.17, 15) is 4.79 Å². The van der Waals surface area contributed by atoms with Gasteiger partial charge in [-0.05, 0) is 47.2 Å². The zero-order valence-corrected chi connectivity index (χ0v) is 20.5. The summed E-state index contributed by atoms with van der Waals surface area (Å²) < 4.78 is 7.48. The van der Waals surface area contributed by atoms with Crippen molar-refractivity contribution in [1.29, 1.82) is 0 Å². The number of carbonyl (C=O) groups excluding carboxylic acids is 1. The van der Waals surface area contributed by atoms with Crippen LogP contribution >= 0.6 is 11.6 Å². The Morgan fingerprint density at radius 1 is 1.33 bits per heavy atom. The van der Waals surface area contributed by atoms with Crippen LogP contribution in [0.15, 0.2) is 12.4 Å². The molecule has 2 aromatic rings. The number of hydrogen-bond acceptors (Lipinski definition) is 8. The van der Waals surface area contributed by atoms with Gasteiger partial charge >= 0.3 is 6.09 Å². The van der Waals surface area contributed by atoms with E-state index < -0.39 is 0 Å². The van der Waals surface area contributed by atoms with Gasteiger partial charge in [0.15, 0.2) is 0 Å². The highest BCUT2D eigenvalue weighted by molar-refractivity contribution is 6.32. The van der Waals surface area contributed by atoms with Crippen molar-refractivity contribution in [2.24, 2.45) is 0 Å². The predicted octanol–water partition coefficient (Wildman–Crippen LogP) is 3.68. The first-order valence-electron chi connectivity index (χ1n) is 11.5. The number of amides is 1. The average molecular weight is 477 g/mol. The predicted molar refractivity (Wildman–Crippen MR) is 128 cm³/mol. The fourth-order valence-electron chi connectivity index (χ4n) is 4.12. The third-order valence-electron chi connectivity index (χ3n) is 6.15. The van der Waals surface area contributed by atoms with Crippen LogP contribution in [0.25, 0.3) is 0 Å². The molecule has 1 amide bonds. The van der Waals surface area contributed by atoms with Crippen molar-refractivity contribution in [3.8, 4) is 0 Å². The highest BCUT2D eigenvalue weighted by Crippen LogP contribution is 2.26. The lowest BCUT2D eigenvalue weighted by Crippen LogP contribution is -2.47. The molecular weight excluding hydrogens is 444 g/mol. The quantitative estimate of drug-likeness (QED) is 0.556. The Kier molecular flexibility index (Phi) is 6.94. The Labute approximate surface area is 199 Å². The van der Waals surface area contributed by atoms with Gasteiger partial charge in [-0.25, -0.2) is 9.78 Å². The molecule has 1 atom stereocenters. The van der Waals surface area contributed by atoms with E-state index in [-0.39, 0.29) is 11.7 Å². The van der Waals surface area contributed by atoms with E-state index in [1.54, 1.807) is 11.1 Å². The minimum atomic E-state index is -0.383. The van der Waals surface area contributed by atoms with Crippen LogP contribution in [0.2, 0.25) is 5.02 Å². The molecule has 2 aliphatic rings. The van der Waals surface area contributed by atoms with Gasteiger partial charge < -0.3 is 25.2 Å². The molecule has 2 saturated heterocycles. The topological polar surface area (TPSA) is 100 Å². The number of carbonyl (C=O) groups is 1. The summed E-state index contributed by atoms with van der Waals surface area (Å²) in [6, 6.07) is 0.385. The molecule has 11 heteroatoms. The van der Waals surface area contributed by atoms with Gasteiger partial charge in [0, 0.05) is 38.8 Å². The highest BCUT2D eigenvalue weighted by Gasteiger charge is 2.32. The molecule has 0 saturated carbocycles. The Morgan fingerprint density at radius 3 is 2.88 bits per heavy atom. The normalized spacial score (nSPS) is 20.7. The second-order valence-corrected chi connectivity index (χ2v) is 9.88. The first kappa shape index (κ1) is 23.6. The average Bonchev–Trinajstić information content (AvgIpc) is 3.34. The van der Waals surface area contributed by atoms with Crippen LogP contribution in [-0.4, -0.2) is 81.0 Å². The van der Waals surface area contributed by atoms with Crippen molar-refractivity contribution in [3.05, 3.63) is 23.1 Å². The van der Waals surface area contributed by atoms with Crippen LogP contribution in [0.5, 0.6) is 0 Å². The van der Waals surface area contributed by atoms with E-state index in [4.69, 9.17) is 16.3 Å². The van der Waals surface area contributed by atoms with Gasteiger partial charge in [-0.15, -0.1) is 0 Å². The third kappa shape index (κ3) is 5.86. The number of ether oxygens (including phenoxy) is 1. The summed E-state index contributed by atoms with van der Waals surface area (Å²) in [4.78, 5) is 25.0. The third-order valence-corrected chi connectivity index (χ3v) is 6.43. The first-order chi connectivity index (χ1) is 15.7. The molecule has 4 rings (SSSR count). The van der Waals surface area contributed by atoms with Gasteiger partial charge in [0.25, 0.3) is 0 Å². The van der Waals surface area contributed by atoms with Crippen LogP contribution in [0.4, 0.5) is 22.2 Å². The number of likely N-dealkylation sites (N-methyl/N-ethyl adjacent to an activating group) is 1. The van der Waals surface area contributed by atoms with Crippen molar-refractivity contribution in [2.45, 2.75) is 51.7 Å². The summed E-state index contributed by atoms with van der Waals surface area (Å²) >= 11 is 6.30. The Hall–Kier alpha value is -2.59. The maximum absolute atomic E-state index is 12.1. The smallest absolute Gasteiger partial charge is 0.410 e. The lowest BCUT2D eigenvalue weighted by atomic mass is 10.0. The Balaban J connectivity index is 1.31. The minimum absolute atomic E-state index is 0.252. The number of rotatable bonds is 8. The van der Waals surface area contributed by atoms with Crippen LogP contribution < -0.4 is 10.6 Å². The maximum atomic E-state index is 12.1. The second kappa shape index (κ2) is 9.72. The Morgan fingerprint density at radius 2 is 2.15 bits per heavy atom. The summed E-state index contributed by atoms with van der Waals surface area (Å²) in [7, 11) is 2.13. The second-order valence-electron chi connectivity index (χ2n) is 9.47. The van der Waals surface area contributed by atoms with Gasteiger partial charge in [-0.3, -0.25) is 4.68 Å². The molecule has 180 valence electrons. The van der Waals surface area contributed by atoms with E-state index >= 15 is 0 Å². The van der Waals surface area contributed by atoms with Crippen LogP contribution in [0.3, 0.4) is 0 Å². The molecule has 0 spiro atoms. The van der Waals surface area contributed by atoms with E-state index in [0.29, 0.717) is 42.5 Å². The van der Waals surface area contributed by atoms with Gasteiger partial charge in [0.2, 0.25) is 5.95 Å². The molecule has 2 fully saturated rings. The lowest BCUT2D eigenvalue weighted by Gasteiger charge is -2.36. The van der Waals surface area contributed by atoms with Crippen molar-refractivity contribution in [2.75, 3.05) is 50.4 Å². The van der Waals surface area contributed by atoms with Crippen molar-refractivity contribution in [1.82, 2.24) is 29.5 Å². The van der Waals surface area contributed by atoms with Gasteiger partial charge in [0.1, 0.15) is 16.4 Å². The number of anilines is 3. The molecule has 10 nitrogen and oxygen atoms in total. The summed E-state index contributed by atoms with van der Waals surface area (Å²) in [5.41, 5.74) is 1.39. The van der Waals surface area contributed by atoms with Gasteiger partial charge in [-0.1, -0.05) is 11.6 Å². The fraction of sp³-hybridized carbons (Fsp3) is 0.636. The number of nitrogens with zero attached hydrogens (tertiary/aromatic N) is 6. The minimum Gasteiger partial charge on any atom is -0.443 e. The standard InChI is InChI=1S/C22H33ClN8O2/c1-15-18(14-31(28-15)16-6-10-29(4)13-16)26-20-25-12-17(23)19(27-20)24-8-5-9-30-11-7-22(2,3)33-21(30)32/h12,14,16H,5-11,13H2,1-4H3,(H2,24,25,26,27). The zero-order valence-electron chi connectivity index (χ0n) is 19.8. The molecule has 4 heterocycles. The summed E-state index contributed by atoms with van der Waals surface area (Å²) in [5.74, 6) is 1.01. The van der Waals surface area contributed by atoms with E-state index in [0.717, 1.165) is 43.7 Å². The monoisotopic (exact) mass is 476 g/mol. The van der Waals surface area contributed by atoms with Crippen LogP contribution in [0, 0.1) is 6.92 Å². The maximum Gasteiger partial charge on any atom is 0.410 e. The van der Waals surface area contributed by atoms with Crippen LogP contribution in [-0.2, 0) is 4.74 Å². The van der Waals surface area contributed by atoms with E-state index in [1.165, 1.54) is 0 Å². The van der Waals surface area contributed by atoms with Crippen molar-refractivity contribution >= 4 is 35.1 Å².